The molecule has 0 bridgehead atoms. The first-order valence-corrected chi connectivity index (χ1v) is 11.2. The van der Waals surface area contributed by atoms with E-state index in [2.05, 4.69) is 11.6 Å². The van der Waals surface area contributed by atoms with Gasteiger partial charge in [-0.25, -0.2) is 4.98 Å². The van der Waals surface area contributed by atoms with Crippen LogP contribution in [0.25, 0.3) is 10.9 Å². The van der Waals surface area contributed by atoms with Crippen LogP contribution in [0.2, 0.25) is 5.02 Å². The molecule has 1 aromatic heterocycles. The first-order valence-electron chi connectivity index (χ1n) is 9.85. The number of rotatable bonds is 7. The fourth-order valence-electron chi connectivity index (χ4n) is 3.54. The first kappa shape index (κ1) is 21.3. The molecule has 0 unspecified atom stereocenters. The van der Waals surface area contributed by atoms with Gasteiger partial charge in [0.25, 0.3) is 5.56 Å². The molecule has 1 aliphatic rings. The Hall–Kier alpha value is -2.90. The Labute approximate surface area is 188 Å². The van der Waals surface area contributed by atoms with Crippen molar-refractivity contribution in [3.63, 3.8) is 0 Å². The molecule has 0 radical (unpaired) electrons. The van der Waals surface area contributed by atoms with Gasteiger partial charge in [-0.2, -0.15) is 0 Å². The van der Waals surface area contributed by atoms with Crippen LogP contribution in [0.1, 0.15) is 23.2 Å². The lowest BCUT2D eigenvalue weighted by Gasteiger charge is -2.15. The minimum Gasteiger partial charge on any atom is -0.312 e. The summed E-state index contributed by atoms with van der Waals surface area (Å²) in [5.74, 6) is 0.143. The van der Waals surface area contributed by atoms with Crippen molar-refractivity contribution >= 4 is 51.6 Å². The largest absolute Gasteiger partial charge is 0.312 e. The summed E-state index contributed by atoms with van der Waals surface area (Å²) in [5.41, 5.74) is 1.65. The number of hydrogen-bond acceptors (Lipinski definition) is 5. The lowest BCUT2D eigenvalue weighted by atomic mass is 10.1. The second kappa shape index (κ2) is 9.08. The fourth-order valence-corrected chi connectivity index (χ4v) is 4.61. The number of carbonyl (C=O) groups excluding carboxylic acids is 2. The molecule has 4 rings (SSSR count). The van der Waals surface area contributed by atoms with Crippen LogP contribution in [-0.4, -0.2) is 33.5 Å². The molecule has 31 heavy (non-hydrogen) atoms. The van der Waals surface area contributed by atoms with Crippen LogP contribution in [0.5, 0.6) is 0 Å². The Balaban J connectivity index is 1.54. The third kappa shape index (κ3) is 4.43. The van der Waals surface area contributed by atoms with Crippen LogP contribution in [0.4, 0.5) is 5.69 Å². The number of anilines is 1. The second-order valence-electron chi connectivity index (χ2n) is 7.17. The van der Waals surface area contributed by atoms with Crippen LogP contribution in [-0.2, 0) is 11.3 Å². The van der Waals surface area contributed by atoms with Gasteiger partial charge in [0.1, 0.15) is 0 Å². The fraction of sp³-hybridized carbons (Fsp3) is 0.217. The summed E-state index contributed by atoms with van der Waals surface area (Å²) in [4.78, 5) is 43.8. The van der Waals surface area contributed by atoms with Gasteiger partial charge in [0.2, 0.25) is 5.91 Å². The molecular weight excluding hydrogens is 434 g/mol. The Morgan fingerprint density at radius 1 is 1.19 bits per heavy atom. The topological polar surface area (TPSA) is 72.3 Å². The standard InChI is InChI=1S/C23H20ClN3O3S/c1-2-11-27-22(30)18-10-7-16(24)13-19(18)25-23(27)31-14-20(28)15-5-8-17(9-6-15)26-12-3-4-21(26)29/h2,5-10,13H,1,3-4,11-12,14H2. The summed E-state index contributed by atoms with van der Waals surface area (Å²) in [6, 6.07) is 12.0. The predicted molar refractivity (Wildman–Crippen MR) is 124 cm³/mol. The molecule has 158 valence electrons. The van der Waals surface area contributed by atoms with E-state index in [0.29, 0.717) is 46.2 Å². The first-order chi connectivity index (χ1) is 15.0. The van der Waals surface area contributed by atoms with E-state index in [0.717, 1.165) is 12.1 Å². The number of thioether (sulfide) groups is 1. The second-order valence-corrected chi connectivity index (χ2v) is 8.55. The van der Waals surface area contributed by atoms with Gasteiger partial charge < -0.3 is 4.90 Å². The number of allylic oxidation sites excluding steroid dienone is 1. The molecule has 0 N–H and O–H groups in total. The van der Waals surface area contributed by atoms with Gasteiger partial charge >= 0.3 is 0 Å². The Morgan fingerprint density at radius 3 is 2.65 bits per heavy atom. The number of fused-ring (bicyclic) bond motifs is 1. The van der Waals surface area contributed by atoms with E-state index in [1.807, 2.05) is 0 Å². The van der Waals surface area contributed by atoms with E-state index in [1.165, 1.54) is 16.3 Å². The summed E-state index contributed by atoms with van der Waals surface area (Å²) in [6.07, 6.45) is 3.04. The number of aromatic nitrogens is 2. The molecular formula is C23H20ClN3O3S. The van der Waals surface area contributed by atoms with E-state index in [9.17, 15) is 14.4 Å². The molecule has 1 fully saturated rings. The number of Topliss-reactive ketones (excluding diaryl/α,β-unsaturated/α-hetero) is 1. The summed E-state index contributed by atoms with van der Waals surface area (Å²) in [7, 11) is 0. The van der Waals surface area contributed by atoms with Crippen molar-refractivity contribution in [2.45, 2.75) is 24.5 Å². The minimum atomic E-state index is -0.198. The summed E-state index contributed by atoms with van der Waals surface area (Å²) in [6.45, 7) is 4.71. The average Bonchev–Trinajstić information content (AvgIpc) is 3.20. The highest BCUT2D eigenvalue weighted by molar-refractivity contribution is 7.99. The van der Waals surface area contributed by atoms with Crippen LogP contribution >= 0.6 is 23.4 Å². The number of nitrogens with zero attached hydrogens (tertiary/aromatic N) is 3. The van der Waals surface area contributed by atoms with Crippen molar-refractivity contribution in [2.75, 3.05) is 17.2 Å². The molecule has 0 spiro atoms. The van der Waals surface area contributed by atoms with Gasteiger partial charge in [0, 0.05) is 35.8 Å². The molecule has 2 aromatic carbocycles. The summed E-state index contributed by atoms with van der Waals surface area (Å²) in [5, 5.41) is 1.39. The number of hydrogen-bond donors (Lipinski definition) is 0. The minimum absolute atomic E-state index is 0.0881. The van der Waals surface area contributed by atoms with E-state index in [-0.39, 0.29) is 23.0 Å². The molecule has 2 heterocycles. The van der Waals surface area contributed by atoms with Crippen molar-refractivity contribution in [2.24, 2.45) is 0 Å². The molecule has 3 aromatic rings. The van der Waals surface area contributed by atoms with E-state index in [1.54, 1.807) is 53.4 Å². The quantitative estimate of drug-likeness (QED) is 0.230. The van der Waals surface area contributed by atoms with Crippen molar-refractivity contribution in [3.05, 3.63) is 76.1 Å². The normalized spacial score (nSPS) is 13.7. The molecule has 0 saturated carbocycles. The van der Waals surface area contributed by atoms with E-state index in [4.69, 9.17) is 11.6 Å². The van der Waals surface area contributed by atoms with Crippen LogP contribution in [0.15, 0.2) is 65.1 Å². The molecule has 0 aliphatic carbocycles. The van der Waals surface area contributed by atoms with Crippen LogP contribution in [0.3, 0.4) is 0 Å². The monoisotopic (exact) mass is 453 g/mol. The highest BCUT2D eigenvalue weighted by Crippen LogP contribution is 2.24. The Bertz CT molecular complexity index is 1240. The molecule has 0 atom stereocenters. The number of benzene rings is 2. The molecule has 8 heteroatoms. The lowest BCUT2D eigenvalue weighted by Crippen LogP contribution is -2.23. The number of halogens is 1. The van der Waals surface area contributed by atoms with E-state index >= 15 is 0 Å². The highest BCUT2D eigenvalue weighted by atomic mass is 35.5. The zero-order valence-corrected chi connectivity index (χ0v) is 18.3. The maximum Gasteiger partial charge on any atom is 0.262 e. The number of amides is 1. The molecule has 1 aliphatic heterocycles. The smallest absolute Gasteiger partial charge is 0.262 e. The summed E-state index contributed by atoms with van der Waals surface area (Å²) < 4.78 is 1.50. The summed E-state index contributed by atoms with van der Waals surface area (Å²) >= 11 is 7.25. The van der Waals surface area contributed by atoms with Crippen molar-refractivity contribution in [1.29, 1.82) is 0 Å². The van der Waals surface area contributed by atoms with E-state index < -0.39 is 0 Å². The number of ketones is 1. The average molecular weight is 454 g/mol. The third-order valence-electron chi connectivity index (χ3n) is 5.10. The zero-order valence-electron chi connectivity index (χ0n) is 16.7. The van der Waals surface area contributed by atoms with Crippen LogP contribution < -0.4 is 10.5 Å². The van der Waals surface area contributed by atoms with Gasteiger partial charge in [-0.3, -0.25) is 19.0 Å². The van der Waals surface area contributed by atoms with Crippen molar-refractivity contribution < 1.29 is 9.59 Å². The SMILES string of the molecule is C=CCn1c(SCC(=O)c2ccc(N3CCCC3=O)cc2)nc2cc(Cl)ccc2c1=O. The molecule has 6 nitrogen and oxygen atoms in total. The maximum absolute atomic E-state index is 12.9. The highest BCUT2D eigenvalue weighted by Gasteiger charge is 2.22. The van der Waals surface area contributed by atoms with Crippen LogP contribution in [0, 0.1) is 0 Å². The molecule has 1 amide bonds. The lowest BCUT2D eigenvalue weighted by molar-refractivity contribution is -0.117. The van der Waals surface area contributed by atoms with Crippen molar-refractivity contribution in [3.8, 4) is 0 Å². The Kier molecular flexibility index (Phi) is 6.25. The maximum atomic E-state index is 12.9. The van der Waals surface area contributed by atoms with Crippen molar-refractivity contribution in [1.82, 2.24) is 9.55 Å². The predicted octanol–water partition coefficient (Wildman–Crippen LogP) is 4.34. The van der Waals surface area contributed by atoms with Gasteiger partial charge in [-0.05, 0) is 48.9 Å². The third-order valence-corrected chi connectivity index (χ3v) is 6.31. The zero-order chi connectivity index (χ0) is 22.0. The van der Waals surface area contributed by atoms with Gasteiger partial charge in [0.15, 0.2) is 10.9 Å². The number of carbonyl (C=O) groups is 2. The van der Waals surface area contributed by atoms with Gasteiger partial charge in [0.05, 0.1) is 16.7 Å². The molecule has 1 saturated heterocycles. The van der Waals surface area contributed by atoms with Gasteiger partial charge in [-0.1, -0.05) is 29.4 Å². The van der Waals surface area contributed by atoms with Gasteiger partial charge in [-0.15, -0.1) is 6.58 Å². The Morgan fingerprint density at radius 2 is 1.97 bits per heavy atom.